The fourth-order valence-electron chi connectivity index (χ4n) is 2.31. The molecule has 1 aromatic heterocycles. The fraction of sp³-hybridized carbons (Fsp3) is 0.357. The van der Waals surface area contributed by atoms with Gasteiger partial charge in [-0.2, -0.15) is 0 Å². The van der Waals surface area contributed by atoms with E-state index in [-0.39, 0.29) is 0 Å². The van der Waals surface area contributed by atoms with Crippen molar-refractivity contribution in [2.45, 2.75) is 25.5 Å². The first-order chi connectivity index (χ1) is 8.43. The minimum absolute atomic E-state index is 0.353. The molecule has 0 saturated carbocycles. The molecule has 1 aliphatic rings. The zero-order chi connectivity index (χ0) is 11.5. The maximum Gasteiger partial charge on any atom is 0.139 e. The summed E-state index contributed by atoms with van der Waals surface area (Å²) in [6.45, 7) is 1.81. The van der Waals surface area contributed by atoms with Crippen molar-refractivity contribution in [3.05, 3.63) is 42.7 Å². The van der Waals surface area contributed by atoms with Crippen molar-refractivity contribution in [3.63, 3.8) is 0 Å². The first-order valence-electron chi connectivity index (χ1n) is 6.11. The molecule has 0 bridgehead atoms. The molecule has 0 unspecified atom stereocenters. The Morgan fingerprint density at radius 1 is 1.29 bits per heavy atom. The lowest BCUT2D eigenvalue weighted by Gasteiger charge is -2.12. The Morgan fingerprint density at radius 3 is 2.94 bits per heavy atom. The average Bonchev–Trinajstić information content (AvgIpc) is 3.02. The second-order valence-corrected chi connectivity index (χ2v) is 4.40. The van der Waals surface area contributed by atoms with E-state index >= 15 is 0 Å². The molecule has 3 heteroatoms. The number of imidazole rings is 1. The van der Waals surface area contributed by atoms with Gasteiger partial charge in [0.2, 0.25) is 0 Å². The minimum Gasteiger partial charge on any atom is -0.376 e. The molecule has 0 aliphatic carbocycles. The molecule has 1 atom stereocenters. The van der Waals surface area contributed by atoms with Crippen LogP contribution in [-0.2, 0) is 11.3 Å². The Kier molecular flexibility index (Phi) is 2.92. The van der Waals surface area contributed by atoms with E-state index < -0.39 is 0 Å². The van der Waals surface area contributed by atoms with E-state index in [0.29, 0.717) is 6.10 Å². The van der Waals surface area contributed by atoms with Crippen LogP contribution in [0.4, 0.5) is 0 Å². The second kappa shape index (κ2) is 4.72. The van der Waals surface area contributed by atoms with Crippen LogP contribution in [0, 0.1) is 0 Å². The summed E-state index contributed by atoms with van der Waals surface area (Å²) in [5.74, 6) is 1.03. The Hall–Kier alpha value is -1.61. The zero-order valence-electron chi connectivity index (χ0n) is 9.75. The summed E-state index contributed by atoms with van der Waals surface area (Å²) in [7, 11) is 0. The molecule has 1 aliphatic heterocycles. The molecule has 0 amide bonds. The molecule has 3 rings (SSSR count). The van der Waals surface area contributed by atoms with E-state index in [1.807, 2.05) is 30.6 Å². The third-order valence-corrected chi connectivity index (χ3v) is 3.17. The van der Waals surface area contributed by atoms with E-state index in [1.54, 1.807) is 0 Å². The maximum absolute atomic E-state index is 5.67. The van der Waals surface area contributed by atoms with Crippen LogP contribution >= 0.6 is 0 Å². The number of ether oxygens (including phenoxy) is 1. The molecule has 3 nitrogen and oxygen atoms in total. The molecule has 17 heavy (non-hydrogen) atoms. The highest BCUT2D eigenvalue weighted by molar-refractivity contribution is 5.55. The Bertz CT molecular complexity index is 472. The first-order valence-corrected chi connectivity index (χ1v) is 6.11. The number of hydrogen-bond donors (Lipinski definition) is 0. The van der Waals surface area contributed by atoms with Crippen molar-refractivity contribution in [1.82, 2.24) is 9.55 Å². The summed E-state index contributed by atoms with van der Waals surface area (Å²) in [4.78, 5) is 4.44. The van der Waals surface area contributed by atoms with Crippen molar-refractivity contribution in [1.29, 1.82) is 0 Å². The van der Waals surface area contributed by atoms with Crippen molar-refractivity contribution in [2.75, 3.05) is 6.61 Å². The Morgan fingerprint density at radius 2 is 2.18 bits per heavy atom. The van der Waals surface area contributed by atoms with E-state index in [0.717, 1.165) is 31.0 Å². The smallest absolute Gasteiger partial charge is 0.139 e. The maximum atomic E-state index is 5.67. The topological polar surface area (TPSA) is 27.1 Å². The SMILES string of the molecule is c1ccc(-c2nccn2C[C@@H]2CCCO2)cc1. The standard InChI is InChI=1S/C14H16N2O/c1-2-5-12(6-3-1)14-15-8-9-16(14)11-13-7-4-10-17-13/h1-3,5-6,8-9,13H,4,7,10-11H2/t13-/m0/s1. The lowest BCUT2D eigenvalue weighted by atomic mass is 10.2. The van der Waals surface area contributed by atoms with E-state index in [2.05, 4.69) is 21.7 Å². The van der Waals surface area contributed by atoms with Gasteiger partial charge in [-0.25, -0.2) is 4.98 Å². The third kappa shape index (κ3) is 2.24. The molecule has 0 radical (unpaired) electrons. The van der Waals surface area contributed by atoms with Crippen LogP contribution in [0.15, 0.2) is 42.7 Å². The molecule has 2 heterocycles. The van der Waals surface area contributed by atoms with Crippen LogP contribution in [0.1, 0.15) is 12.8 Å². The highest BCUT2D eigenvalue weighted by atomic mass is 16.5. The summed E-state index contributed by atoms with van der Waals surface area (Å²) in [5.41, 5.74) is 1.16. The van der Waals surface area contributed by atoms with Crippen LogP contribution in [0.3, 0.4) is 0 Å². The van der Waals surface area contributed by atoms with Gasteiger partial charge in [-0.05, 0) is 12.8 Å². The fourth-order valence-corrected chi connectivity index (χ4v) is 2.31. The van der Waals surface area contributed by atoms with Crippen LogP contribution < -0.4 is 0 Å². The van der Waals surface area contributed by atoms with Gasteiger partial charge >= 0.3 is 0 Å². The first kappa shape index (κ1) is 10.5. The van der Waals surface area contributed by atoms with Gasteiger partial charge in [-0.3, -0.25) is 0 Å². The van der Waals surface area contributed by atoms with Crippen molar-refractivity contribution in [2.24, 2.45) is 0 Å². The summed E-state index contributed by atoms with van der Waals surface area (Å²) < 4.78 is 7.85. The van der Waals surface area contributed by atoms with Gasteiger partial charge in [0.05, 0.1) is 12.6 Å². The van der Waals surface area contributed by atoms with Crippen molar-refractivity contribution in [3.8, 4) is 11.4 Å². The average molecular weight is 228 g/mol. The highest BCUT2D eigenvalue weighted by Gasteiger charge is 2.17. The number of rotatable bonds is 3. The number of hydrogen-bond acceptors (Lipinski definition) is 2. The lowest BCUT2D eigenvalue weighted by molar-refractivity contribution is 0.0974. The Balaban J connectivity index is 1.84. The van der Waals surface area contributed by atoms with Gasteiger partial charge in [0.15, 0.2) is 0 Å². The summed E-state index contributed by atoms with van der Waals surface area (Å²) in [6, 6.07) is 10.3. The zero-order valence-corrected chi connectivity index (χ0v) is 9.75. The van der Waals surface area contributed by atoms with Crippen LogP contribution in [0.25, 0.3) is 11.4 Å². The predicted octanol–water partition coefficient (Wildman–Crippen LogP) is 2.73. The largest absolute Gasteiger partial charge is 0.376 e. The lowest BCUT2D eigenvalue weighted by Crippen LogP contribution is -2.15. The molecule has 1 fully saturated rings. The predicted molar refractivity (Wildman–Crippen MR) is 66.6 cm³/mol. The van der Waals surface area contributed by atoms with Crippen molar-refractivity contribution < 1.29 is 4.74 Å². The molecule has 0 N–H and O–H groups in total. The molecule has 88 valence electrons. The van der Waals surface area contributed by atoms with Crippen LogP contribution in [0.5, 0.6) is 0 Å². The number of aromatic nitrogens is 2. The molecular weight excluding hydrogens is 212 g/mol. The summed E-state index contributed by atoms with van der Waals surface area (Å²) in [6.07, 6.45) is 6.58. The Labute approximate surface area is 101 Å². The summed E-state index contributed by atoms with van der Waals surface area (Å²) in [5, 5.41) is 0. The molecule has 1 aromatic carbocycles. The van der Waals surface area contributed by atoms with Gasteiger partial charge in [0.1, 0.15) is 5.82 Å². The van der Waals surface area contributed by atoms with Crippen LogP contribution in [0.2, 0.25) is 0 Å². The molecular formula is C14H16N2O. The van der Waals surface area contributed by atoms with Gasteiger partial charge in [0, 0.05) is 24.6 Å². The van der Waals surface area contributed by atoms with Gasteiger partial charge in [-0.1, -0.05) is 30.3 Å². The van der Waals surface area contributed by atoms with E-state index in [4.69, 9.17) is 4.74 Å². The number of nitrogens with zero attached hydrogens (tertiary/aromatic N) is 2. The molecule has 1 saturated heterocycles. The monoisotopic (exact) mass is 228 g/mol. The summed E-state index contributed by atoms with van der Waals surface area (Å²) >= 11 is 0. The van der Waals surface area contributed by atoms with Gasteiger partial charge in [0.25, 0.3) is 0 Å². The third-order valence-electron chi connectivity index (χ3n) is 3.17. The van der Waals surface area contributed by atoms with Gasteiger partial charge < -0.3 is 9.30 Å². The van der Waals surface area contributed by atoms with E-state index in [9.17, 15) is 0 Å². The molecule has 2 aromatic rings. The van der Waals surface area contributed by atoms with Gasteiger partial charge in [-0.15, -0.1) is 0 Å². The second-order valence-electron chi connectivity index (χ2n) is 4.40. The quantitative estimate of drug-likeness (QED) is 0.807. The molecule has 0 spiro atoms. The highest BCUT2D eigenvalue weighted by Crippen LogP contribution is 2.20. The normalized spacial score (nSPS) is 19.6. The van der Waals surface area contributed by atoms with Crippen LogP contribution in [-0.4, -0.2) is 22.3 Å². The van der Waals surface area contributed by atoms with E-state index in [1.165, 1.54) is 6.42 Å². The van der Waals surface area contributed by atoms with Crippen molar-refractivity contribution >= 4 is 0 Å². The minimum atomic E-state index is 0.353. The number of benzene rings is 1.